The number of aliphatic hydroxyl groups excluding tert-OH is 1. The van der Waals surface area contributed by atoms with Crippen LogP contribution in [0.3, 0.4) is 0 Å². The van der Waals surface area contributed by atoms with Crippen molar-refractivity contribution in [2.75, 3.05) is 33.4 Å². The molecular weight excluding hydrogens is 294 g/mol. The molecule has 0 aliphatic rings. The highest BCUT2D eigenvalue weighted by atomic mass is 32.1. The fourth-order valence-electron chi connectivity index (χ4n) is 1.72. The Morgan fingerprint density at radius 3 is 3.05 bits per heavy atom. The second kappa shape index (κ2) is 7.81. The van der Waals surface area contributed by atoms with Crippen molar-refractivity contribution >= 4 is 17.2 Å². The van der Waals surface area contributed by atoms with E-state index >= 15 is 0 Å². The average molecular weight is 311 g/mol. The maximum Gasteiger partial charge on any atom is 0.246 e. The summed E-state index contributed by atoms with van der Waals surface area (Å²) < 4.78 is 4.95. The van der Waals surface area contributed by atoms with Gasteiger partial charge in [0.05, 0.1) is 13.2 Å². The quantitative estimate of drug-likeness (QED) is 0.730. The largest absolute Gasteiger partial charge is 0.395 e. The number of carbonyl (C=O) groups excluding carboxylic acids is 1. The number of rotatable bonds is 8. The number of tetrazole rings is 1. The fraction of sp³-hybridized carbons (Fsp3) is 0.500. The van der Waals surface area contributed by atoms with Gasteiger partial charge in [-0.2, -0.15) is 16.1 Å². The summed E-state index contributed by atoms with van der Waals surface area (Å²) in [6.45, 7) is 0.980. The maximum absolute atomic E-state index is 12.1. The zero-order chi connectivity index (χ0) is 15.1. The second-order valence-corrected chi connectivity index (χ2v) is 5.03. The molecular formula is C12H17N5O3S. The van der Waals surface area contributed by atoms with Gasteiger partial charge < -0.3 is 14.7 Å². The molecule has 0 bridgehead atoms. The van der Waals surface area contributed by atoms with Gasteiger partial charge in [-0.1, -0.05) is 0 Å². The van der Waals surface area contributed by atoms with Crippen LogP contribution in [-0.2, 0) is 16.1 Å². The van der Waals surface area contributed by atoms with Gasteiger partial charge in [0.2, 0.25) is 11.7 Å². The Morgan fingerprint density at radius 2 is 2.38 bits per heavy atom. The number of methoxy groups -OCH3 is 1. The number of ether oxygens (including phenoxy) is 1. The third-order valence-corrected chi connectivity index (χ3v) is 3.48. The maximum atomic E-state index is 12.1. The van der Waals surface area contributed by atoms with Crippen LogP contribution < -0.4 is 0 Å². The van der Waals surface area contributed by atoms with Gasteiger partial charge in [0.25, 0.3) is 0 Å². The minimum absolute atomic E-state index is 0.0130. The molecule has 1 amide bonds. The van der Waals surface area contributed by atoms with Crippen LogP contribution in [0.1, 0.15) is 0 Å². The summed E-state index contributed by atoms with van der Waals surface area (Å²) in [5, 5.41) is 24.8. The molecule has 114 valence electrons. The molecule has 2 rings (SSSR count). The number of carbonyl (C=O) groups is 1. The van der Waals surface area contributed by atoms with E-state index in [1.165, 1.54) is 9.70 Å². The van der Waals surface area contributed by atoms with Crippen molar-refractivity contribution in [2.45, 2.75) is 6.54 Å². The molecule has 2 aromatic heterocycles. The molecule has 2 heterocycles. The van der Waals surface area contributed by atoms with Crippen LogP contribution >= 0.6 is 11.3 Å². The summed E-state index contributed by atoms with van der Waals surface area (Å²) in [7, 11) is 1.56. The van der Waals surface area contributed by atoms with Crippen molar-refractivity contribution < 1.29 is 14.6 Å². The van der Waals surface area contributed by atoms with Crippen molar-refractivity contribution in [1.82, 2.24) is 25.1 Å². The van der Waals surface area contributed by atoms with Crippen LogP contribution in [-0.4, -0.2) is 69.5 Å². The highest BCUT2D eigenvalue weighted by Gasteiger charge is 2.15. The van der Waals surface area contributed by atoms with Gasteiger partial charge in [0, 0.05) is 31.1 Å². The lowest BCUT2D eigenvalue weighted by Gasteiger charge is -2.20. The van der Waals surface area contributed by atoms with Gasteiger partial charge in [-0.15, -0.1) is 10.2 Å². The first-order valence-electron chi connectivity index (χ1n) is 6.42. The first-order valence-corrected chi connectivity index (χ1v) is 7.37. The Kier molecular flexibility index (Phi) is 5.78. The molecule has 8 nitrogen and oxygen atoms in total. The van der Waals surface area contributed by atoms with Gasteiger partial charge in [-0.25, -0.2) is 0 Å². The van der Waals surface area contributed by atoms with E-state index in [0.717, 1.165) is 5.56 Å². The van der Waals surface area contributed by atoms with E-state index in [-0.39, 0.29) is 25.6 Å². The Hall–Kier alpha value is -1.84. The number of aliphatic hydroxyl groups is 1. The third-order valence-electron chi connectivity index (χ3n) is 2.80. The summed E-state index contributed by atoms with van der Waals surface area (Å²) in [4.78, 5) is 14.9. The molecule has 0 unspecified atom stereocenters. The van der Waals surface area contributed by atoms with E-state index in [4.69, 9.17) is 9.84 Å². The Balaban J connectivity index is 1.97. The van der Waals surface area contributed by atoms with Crippen LogP contribution in [0.4, 0.5) is 0 Å². The molecule has 0 saturated heterocycles. The van der Waals surface area contributed by atoms with Crippen molar-refractivity contribution in [3.8, 4) is 11.4 Å². The van der Waals surface area contributed by atoms with Gasteiger partial charge in [-0.05, 0) is 16.7 Å². The fourth-order valence-corrected chi connectivity index (χ4v) is 2.36. The summed E-state index contributed by atoms with van der Waals surface area (Å²) in [5.74, 6) is 0.310. The molecule has 0 spiro atoms. The summed E-state index contributed by atoms with van der Waals surface area (Å²) in [6.07, 6.45) is 0. The zero-order valence-electron chi connectivity index (χ0n) is 11.7. The van der Waals surface area contributed by atoms with Crippen LogP contribution in [0.15, 0.2) is 16.8 Å². The van der Waals surface area contributed by atoms with Gasteiger partial charge in [-0.3, -0.25) is 4.79 Å². The summed E-state index contributed by atoms with van der Waals surface area (Å²) in [6, 6.07) is 1.89. The van der Waals surface area contributed by atoms with Crippen molar-refractivity contribution in [1.29, 1.82) is 0 Å². The second-order valence-electron chi connectivity index (χ2n) is 4.25. The smallest absolute Gasteiger partial charge is 0.246 e. The highest BCUT2D eigenvalue weighted by Crippen LogP contribution is 2.16. The summed E-state index contributed by atoms with van der Waals surface area (Å²) in [5.41, 5.74) is 0.880. The van der Waals surface area contributed by atoms with Crippen LogP contribution in [0.25, 0.3) is 11.4 Å². The van der Waals surface area contributed by atoms with Crippen LogP contribution in [0.5, 0.6) is 0 Å². The number of amides is 1. The molecule has 0 aliphatic carbocycles. The molecule has 0 aromatic carbocycles. The first kappa shape index (κ1) is 15.5. The van der Waals surface area contributed by atoms with Gasteiger partial charge in [0.1, 0.15) is 6.54 Å². The molecule has 0 saturated carbocycles. The predicted molar refractivity (Wildman–Crippen MR) is 76.7 cm³/mol. The number of hydrogen-bond acceptors (Lipinski definition) is 7. The molecule has 9 heteroatoms. The Bertz CT molecular complexity index is 557. The number of thiophene rings is 1. The SMILES string of the molecule is COCCN(CCO)C(=O)Cn1nnc(-c2ccsc2)n1. The van der Waals surface area contributed by atoms with E-state index in [2.05, 4.69) is 15.4 Å². The van der Waals surface area contributed by atoms with Gasteiger partial charge >= 0.3 is 0 Å². The number of nitrogens with zero attached hydrogens (tertiary/aromatic N) is 5. The van der Waals surface area contributed by atoms with E-state index in [1.807, 2.05) is 16.8 Å². The number of aromatic nitrogens is 4. The van der Waals surface area contributed by atoms with Gasteiger partial charge in [0.15, 0.2) is 0 Å². The summed E-state index contributed by atoms with van der Waals surface area (Å²) >= 11 is 1.54. The first-order chi connectivity index (χ1) is 10.2. The molecule has 0 radical (unpaired) electrons. The Morgan fingerprint density at radius 1 is 1.52 bits per heavy atom. The third kappa shape index (κ3) is 4.31. The predicted octanol–water partition coefficient (Wildman–Crippen LogP) is -0.131. The highest BCUT2D eigenvalue weighted by molar-refractivity contribution is 7.08. The van der Waals surface area contributed by atoms with Crippen LogP contribution in [0, 0.1) is 0 Å². The van der Waals surface area contributed by atoms with E-state index < -0.39 is 0 Å². The lowest BCUT2D eigenvalue weighted by Crippen LogP contribution is -2.38. The molecule has 0 aliphatic heterocycles. The van der Waals surface area contributed by atoms with Crippen molar-refractivity contribution in [3.05, 3.63) is 16.8 Å². The van der Waals surface area contributed by atoms with E-state index in [1.54, 1.807) is 18.4 Å². The normalized spacial score (nSPS) is 10.8. The van der Waals surface area contributed by atoms with Crippen molar-refractivity contribution in [3.63, 3.8) is 0 Å². The minimum atomic E-state index is -0.185. The van der Waals surface area contributed by atoms with E-state index in [9.17, 15) is 4.79 Å². The molecule has 2 aromatic rings. The average Bonchev–Trinajstić information content (AvgIpc) is 3.13. The standard InChI is InChI=1S/C12H17N5O3S/c1-20-6-4-16(3-5-18)11(19)8-17-14-12(13-15-17)10-2-7-21-9-10/h2,7,9,18H,3-6,8H2,1H3. The minimum Gasteiger partial charge on any atom is -0.395 e. The molecule has 0 fully saturated rings. The zero-order valence-corrected chi connectivity index (χ0v) is 12.5. The Labute approximate surface area is 125 Å². The lowest BCUT2D eigenvalue weighted by molar-refractivity contribution is -0.133. The molecule has 0 atom stereocenters. The van der Waals surface area contributed by atoms with Crippen LogP contribution in [0.2, 0.25) is 0 Å². The monoisotopic (exact) mass is 311 g/mol. The number of hydrogen-bond donors (Lipinski definition) is 1. The lowest BCUT2D eigenvalue weighted by atomic mass is 10.3. The van der Waals surface area contributed by atoms with Crippen molar-refractivity contribution in [2.24, 2.45) is 0 Å². The van der Waals surface area contributed by atoms with E-state index in [0.29, 0.717) is 19.0 Å². The molecule has 21 heavy (non-hydrogen) atoms. The molecule has 1 N–H and O–H groups in total. The topological polar surface area (TPSA) is 93.4 Å².